The predicted octanol–water partition coefficient (Wildman–Crippen LogP) is 4.34. The minimum absolute atomic E-state index is 0. The zero-order chi connectivity index (χ0) is 17.5. The van der Waals surface area contributed by atoms with Crippen LogP contribution in [0.2, 0.25) is 0 Å². The minimum atomic E-state index is 0. The molecular formula is C20H27IN4S. The van der Waals surface area contributed by atoms with Crippen molar-refractivity contribution in [3.63, 3.8) is 0 Å². The third-order valence-corrected chi connectivity index (χ3v) is 4.96. The van der Waals surface area contributed by atoms with Crippen LogP contribution in [0.1, 0.15) is 18.1 Å². The van der Waals surface area contributed by atoms with Gasteiger partial charge >= 0.3 is 0 Å². The molecule has 6 heteroatoms. The summed E-state index contributed by atoms with van der Waals surface area (Å²) in [5.41, 5.74) is 3.83. The van der Waals surface area contributed by atoms with E-state index in [0.717, 1.165) is 32.1 Å². The number of anilines is 1. The van der Waals surface area contributed by atoms with E-state index in [1.54, 1.807) is 11.3 Å². The summed E-state index contributed by atoms with van der Waals surface area (Å²) in [4.78, 5) is 9.33. The van der Waals surface area contributed by atoms with E-state index >= 15 is 0 Å². The second kappa shape index (κ2) is 10.6. The molecule has 26 heavy (non-hydrogen) atoms. The summed E-state index contributed by atoms with van der Waals surface area (Å²) in [5.74, 6) is 0.946. The number of benzene rings is 1. The molecule has 0 fully saturated rings. The molecule has 0 saturated heterocycles. The Kier molecular flexibility index (Phi) is 8.44. The van der Waals surface area contributed by atoms with Crippen molar-refractivity contribution in [1.82, 2.24) is 10.2 Å². The fourth-order valence-corrected chi connectivity index (χ4v) is 3.53. The number of guanidine groups is 1. The molecule has 4 nitrogen and oxygen atoms in total. The van der Waals surface area contributed by atoms with Crippen molar-refractivity contribution in [3.05, 3.63) is 64.4 Å². The maximum Gasteiger partial charge on any atom is 0.194 e. The van der Waals surface area contributed by atoms with Gasteiger partial charge in [-0.1, -0.05) is 24.3 Å². The average Bonchev–Trinajstić information content (AvgIpc) is 3.33. The van der Waals surface area contributed by atoms with E-state index < -0.39 is 0 Å². The Morgan fingerprint density at radius 1 is 1.15 bits per heavy atom. The number of thiophene rings is 1. The summed E-state index contributed by atoms with van der Waals surface area (Å²) in [6.07, 6.45) is 4.43. The lowest BCUT2D eigenvalue weighted by Gasteiger charge is -2.21. The average molecular weight is 482 g/mol. The molecule has 0 amide bonds. The van der Waals surface area contributed by atoms with Crippen LogP contribution in [-0.4, -0.2) is 37.5 Å². The number of hydrogen-bond acceptors (Lipinski definition) is 3. The molecule has 0 unspecified atom stereocenters. The quantitative estimate of drug-likeness (QED) is 0.288. The van der Waals surface area contributed by atoms with Gasteiger partial charge in [0.05, 0.1) is 6.54 Å². The first-order valence-corrected chi connectivity index (χ1v) is 9.70. The molecule has 2 heterocycles. The molecule has 140 valence electrons. The lowest BCUT2D eigenvalue weighted by molar-refractivity contribution is 0.477. The number of nitrogens with zero attached hydrogens (tertiary/aromatic N) is 3. The zero-order valence-electron chi connectivity index (χ0n) is 15.4. The third-order valence-electron chi connectivity index (χ3n) is 4.23. The van der Waals surface area contributed by atoms with Crippen molar-refractivity contribution in [3.8, 4) is 0 Å². The van der Waals surface area contributed by atoms with Crippen molar-refractivity contribution in [2.45, 2.75) is 20.0 Å². The highest BCUT2D eigenvalue weighted by Crippen LogP contribution is 2.18. The molecule has 1 aliphatic heterocycles. The normalized spacial score (nSPS) is 13.6. The largest absolute Gasteiger partial charge is 0.364 e. The predicted molar refractivity (Wildman–Crippen MR) is 124 cm³/mol. The fourth-order valence-electron chi connectivity index (χ4n) is 2.87. The number of aliphatic imine (C=N–C) groups is 1. The molecule has 1 N–H and O–H groups in total. The Morgan fingerprint density at radius 2 is 1.88 bits per heavy atom. The lowest BCUT2D eigenvalue weighted by Crippen LogP contribution is -2.38. The Morgan fingerprint density at radius 3 is 2.50 bits per heavy atom. The van der Waals surface area contributed by atoms with Crippen LogP contribution in [0.4, 0.5) is 5.69 Å². The van der Waals surface area contributed by atoms with Gasteiger partial charge in [-0.3, -0.25) is 0 Å². The smallest absolute Gasteiger partial charge is 0.194 e. The van der Waals surface area contributed by atoms with Gasteiger partial charge in [0.15, 0.2) is 5.96 Å². The summed E-state index contributed by atoms with van der Waals surface area (Å²) < 4.78 is 0. The fraction of sp³-hybridized carbons (Fsp3) is 0.350. The molecular weight excluding hydrogens is 455 g/mol. The minimum Gasteiger partial charge on any atom is -0.364 e. The zero-order valence-corrected chi connectivity index (χ0v) is 18.5. The molecule has 0 atom stereocenters. The topological polar surface area (TPSA) is 30.9 Å². The van der Waals surface area contributed by atoms with Gasteiger partial charge in [0.1, 0.15) is 0 Å². The van der Waals surface area contributed by atoms with Crippen LogP contribution < -0.4 is 10.2 Å². The van der Waals surface area contributed by atoms with Gasteiger partial charge in [-0.15, -0.1) is 24.0 Å². The molecule has 0 bridgehead atoms. The molecule has 1 aliphatic rings. The maximum absolute atomic E-state index is 4.80. The number of halogens is 1. The first kappa shape index (κ1) is 20.8. The monoisotopic (exact) mass is 482 g/mol. The SMILES string of the molecule is CCNC(=NCc1ccc(N2CC=CC2)cc1)N(C)Cc1ccsc1.I. The summed E-state index contributed by atoms with van der Waals surface area (Å²) in [6, 6.07) is 10.9. The van der Waals surface area contributed by atoms with E-state index in [4.69, 9.17) is 4.99 Å². The highest BCUT2D eigenvalue weighted by atomic mass is 127. The maximum atomic E-state index is 4.80. The second-order valence-corrected chi connectivity index (χ2v) is 6.98. The van der Waals surface area contributed by atoms with Gasteiger partial charge < -0.3 is 15.1 Å². The molecule has 1 aromatic carbocycles. The van der Waals surface area contributed by atoms with E-state index in [2.05, 4.69) is 82.3 Å². The van der Waals surface area contributed by atoms with Crippen molar-refractivity contribution in [1.29, 1.82) is 0 Å². The van der Waals surface area contributed by atoms with Crippen molar-refractivity contribution in [2.24, 2.45) is 4.99 Å². The molecule has 2 aromatic rings. The highest BCUT2D eigenvalue weighted by molar-refractivity contribution is 14.0. The second-order valence-electron chi connectivity index (χ2n) is 6.20. The molecule has 3 rings (SSSR count). The van der Waals surface area contributed by atoms with Gasteiger partial charge in [0.2, 0.25) is 0 Å². The summed E-state index contributed by atoms with van der Waals surface area (Å²) >= 11 is 1.73. The molecule has 0 spiro atoms. The Bertz CT molecular complexity index is 702. The van der Waals surface area contributed by atoms with E-state index in [1.807, 2.05) is 0 Å². The van der Waals surface area contributed by atoms with Gasteiger partial charge in [0.25, 0.3) is 0 Å². The van der Waals surface area contributed by atoms with Crippen LogP contribution in [-0.2, 0) is 13.1 Å². The van der Waals surface area contributed by atoms with Crippen LogP contribution in [0, 0.1) is 0 Å². The first-order chi connectivity index (χ1) is 12.3. The first-order valence-electron chi connectivity index (χ1n) is 8.75. The third kappa shape index (κ3) is 5.74. The molecule has 0 aliphatic carbocycles. The highest BCUT2D eigenvalue weighted by Gasteiger charge is 2.08. The van der Waals surface area contributed by atoms with E-state index in [9.17, 15) is 0 Å². The standard InChI is InChI=1S/C20H26N4S.HI/c1-3-21-20(23(2)15-18-10-13-25-16-18)22-14-17-6-8-19(9-7-17)24-11-4-5-12-24;/h4-10,13,16H,3,11-12,14-15H2,1-2H3,(H,21,22);1H. The lowest BCUT2D eigenvalue weighted by atomic mass is 10.2. The molecule has 0 saturated carbocycles. The Labute approximate surface area is 177 Å². The van der Waals surface area contributed by atoms with Gasteiger partial charge in [0, 0.05) is 38.9 Å². The summed E-state index contributed by atoms with van der Waals surface area (Å²) in [5, 5.41) is 7.69. The van der Waals surface area contributed by atoms with Crippen LogP contribution in [0.5, 0.6) is 0 Å². The molecule has 0 radical (unpaired) electrons. The number of rotatable bonds is 6. The van der Waals surface area contributed by atoms with Crippen molar-refractivity contribution >= 4 is 47.0 Å². The van der Waals surface area contributed by atoms with E-state index in [-0.39, 0.29) is 24.0 Å². The van der Waals surface area contributed by atoms with Gasteiger partial charge in [-0.25, -0.2) is 4.99 Å². The van der Waals surface area contributed by atoms with Crippen molar-refractivity contribution in [2.75, 3.05) is 31.6 Å². The summed E-state index contributed by atoms with van der Waals surface area (Å²) in [6.45, 7) is 6.55. The summed E-state index contributed by atoms with van der Waals surface area (Å²) in [7, 11) is 2.09. The van der Waals surface area contributed by atoms with Crippen molar-refractivity contribution < 1.29 is 0 Å². The van der Waals surface area contributed by atoms with Crippen LogP contribution in [0.15, 0.2) is 58.2 Å². The van der Waals surface area contributed by atoms with Crippen LogP contribution in [0.3, 0.4) is 0 Å². The van der Waals surface area contributed by atoms with Crippen LogP contribution in [0.25, 0.3) is 0 Å². The van der Waals surface area contributed by atoms with E-state index in [0.29, 0.717) is 6.54 Å². The Balaban J connectivity index is 0.00000243. The molecule has 1 aromatic heterocycles. The number of hydrogen-bond donors (Lipinski definition) is 1. The number of nitrogens with one attached hydrogen (secondary N) is 1. The van der Waals surface area contributed by atoms with E-state index in [1.165, 1.54) is 16.8 Å². The van der Waals surface area contributed by atoms with Crippen LogP contribution >= 0.6 is 35.3 Å². The van der Waals surface area contributed by atoms with Gasteiger partial charge in [-0.2, -0.15) is 11.3 Å². The Hall–Kier alpha value is -1.54. The van der Waals surface area contributed by atoms with Gasteiger partial charge in [-0.05, 0) is 47.0 Å².